The van der Waals surface area contributed by atoms with Gasteiger partial charge in [-0.1, -0.05) is 12.1 Å². The van der Waals surface area contributed by atoms with E-state index in [0.717, 1.165) is 0 Å². The molecule has 0 aliphatic carbocycles. The Morgan fingerprint density at radius 2 is 1.89 bits per heavy atom. The number of hydrogen-bond acceptors (Lipinski definition) is 7. The van der Waals surface area contributed by atoms with Crippen molar-refractivity contribution in [1.82, 2.24) is 5.43 Å². The minimum absolute atomic E-state index is 0.0340. The van der Waals surface area contributed by atoms with Crippen LogP contribution in [0, 0.1) is 27.2 Å². The van der Waals surface area contributed by atoms with E-state index in [0.29, 0.717) is 15.6 Å². The van der Waals surface area contributed by atoms with E-state index >= 15 is 0 Å². The Morgan fingerprint density at radius 1 is 1.19 bits per heavy atom. The van der Waals surface area contributed by atoms with Crippen LogP contribution in [0.4, 0.5) is 11.4 Å². The largest absolute Gasteiger partial charge is 0.477 e. The number of nitrogens with zero attached hydrogens (tertiary/aromatic N) is 3. The number of nitro groups is 2. The number of hydrazone groups is 1. The van der Waals surface area contributed by atoms with Gasteiger partial charge in [0.1, 0.15) is 0 Å². The lowest BCUT2D eigenvalue weighted by atomic mass is 10.2. The molecule has 2 rings (SSSR count). The smallest absolute Gasteiger partial charge is 0.311 e. The summed E-state index contributed by atoms with van der Waals surface area (Å²) in [5.74, 6) is -0.680. The van der Waals surface area contributed by atoms with E-state index in [9.17, 15) is 25.0 Å². The molecule has 0 unspecified atom stereocenters. The van der Waals surface area contributed by atoms with Gasteiger partial charge in [0.15, 0.2) is 12.4 Å². The number of rotatable bonds is 7. The fourth-order valence-electron chi connectivity index (χ4n) is 2.00. The average molecular weight is 437 g/mol. The molecule has 2 aromatic rings. The first-order valence-electron chi connectivity index (χ1n) is 7.41. The molecular formula is C16H13BrN4O6. The molecular weight excluding hydrogens is 424 g/mol. The molecule has 0 saturated heterocycles. The van der Waals surface area contributed by atoms with Crippen molar-refractivity contribution >= 4 is 39.4 Å². The van der Waals surface area contributed by atoms with Gasteiger partial charge >= 0.3 is 5.69 Å². The van der Waals surface area contributed by atoms with E-state index < -0.39 is 22.4 Å². The number of nitrogens with one attached hydrogen (secondary N) is 1. The van der Waals surface area contributed by atoms with Gasteiger partial charge in [-0.15, -0.1) is 0 Å². The first-order chi connectivity index (χ1) is 12.8. The highest BCUT2D eigenvalue weighted by Crippen LogP contribution is 2.27. The third-order valence-corrected chi connectivity index (χ3v) is 3.91. The molecule has 11 heteroatoms. The summed E-state index contributed by atoms with van der Waals surface area (Å²) in [4.78, 5) is 32.5. The molecule has 0 aromatic heterocycles. The Labute approximate surface area is 161 Å². The molecule has 0 bridgehead atoms. The summed E-state index contributed by atoms with van der Waals surface area (Å²) in [6.07, 6.45) is 1.23. The van der Waals surface area contributed by atoms with Crippen molar-refractivity contribution in [3.63, 3.8) is 0 Å². The third-order valence-electron chi connectivity index (χ3n) is 3.24. The topological polar surface area (TPSA) is 137 Å². The second kappa shape index (κ2) is 8.85. The Morgan fingerprint density at radius 3 is 2.56 bits per heavy atom. The number of benzene rings is 2. The molecule has 10 nitrogen and oxygen atoms in total. The Hall–Kier alpha value is -3.34. The molecule has 0 fully saturated rings. The number of nitro benzene ring substituents is 2. The van der Waals surface area contributed by atoms with Crippen molar-refractivity contribution in [3.8, 4) is 5.75 Å². The molecule has 2 aromatic carbocycles. The molecule has 0 saturated carbocycles. The number of carbonyl (C=O) groups is 1. The monoisotopic (exact) mass is 436 g/mol. The van der Waals surface area contributed by atoms with Crippen LogP contribution in [0.25, 0.3) is 0 Å². The zero-order valence-electron chi connectivity index (χ0n) is 13.9. The van der Waals surface area contributed by atoms with E-state index in [-0.39, 0.29) is 17.1 Å². The molecule has 0 aliphatic rings. The third kappa shape index (κ3) is 5.57. The molecule has 0 aliphatic heterocycles. The van der Waals surface area contributed by atoms with Crippen LogP contribution < -0.4 is 10.2 Å². The van der Waals surface area contributed by atoms with E-state index in [1.165, 1.54) is 30.5 Å². The van der Waals surface area contributed by atoms with Crippen LogP contribution in [0.1, 0.15) is 11.1 Å². The van der Waals surface area contributed by atoms with Crippen LogP contribution in [0.5, 0.6) is 5.75 Å². The van der Waals surface area contributed by atoms with E-state index in [1.54, 1.807) is 19.1 Å². The number of carbonyl (C=O) groups excluding carboxylic acids is 1. The number of halogens is 1. The number of aryl methyl sites for hydroxylation is 1. The number of hydrogen-bond donors (Lipinski definition) is 1. The van der Waals surface area contributed by atoms with Crippen LogP contribution in [-0.2, 0) is 4.79 Å². The summed E-state index contributed by atoms with van der Waals surface area (Å²) < 4.78 is 5.48. The maximum Gasteiger partial charge on any atom is 0.311 e. The Kier molecular flexibility index (Phi) is 6.55. The van der Waals surface area contributed by atoms with Gasteiger partial charge in [-0.25, -0.2) is 5.43 Å². The van der Waals surface area contributed by atoms with Gasteiger partial charge in [-0.05, 0) is 40.5 Å². The van der Waals surface area contributed by atoms with Gasteiger partial charge in [0, 0.05) is 17.7 Å². The summed E-state index contributed by atoms with van der Waals surface area (Å²) in [7, 11) is 0. The SMILES string of the molecule is Cc1ccc(OCC(=O)N/N=C/c2ccc(Br)c([N+](=O)[O-])c2)c([N+](=O)[O-])c1. The number of amides is 1. The van der Waals surface area contributed by atoms with Crippen molar-refractivity contribution in [2.24, 2.45) is 5.10 Å². The van der Waals surface area contributed by atoms with Gasteiger partial charge in [-0.3, -0.25) is 25.0 Å². The van der Waals surface area contributed by atoms with Gasteiger partial charge in [0.05, 0.1) is 20.5 Å². The van der Waals surface area contributed by atoms with Gasteiger partial charge < -0.3 is 4.74 Å². The highest BCUT2D eigenvalue weighted by molar-refractivity contribution is 9.10. The molecule has 0 atom stereocenters. The Bertz CT molecular complexity index is 931. The lowest BCUT2D eigenvalue weighted by Crippen LogP contribution is -2.24. The fourth-order valence-corrected chi connectivity index (χ4v) is 2.39. The van der Waals surface area contributed by atoms with E-state index in [4.69, 9.17) is 4.74 Å². The van der Waals surface area contributed by atoms with Crippen molar-refractivity contribution in [1.29, 1.82) is 0 Å². The highest BCUT2D eigenvalue weighted by atomic mass is 79.9. The summed E-state index contributed by atoms with van der Waals surface area (Å²) in [6.45, 7) is 1.21. The zero-order chi connectivity index (χ0) is 20.0. The molecule has 1 N–H and O–H groups in total. The van der Waals surface area contributed by atoms with Crippen molar-refractivity contribution in [3.05, 3.63) is 72.2 Å². The van der Waals surface area contributed by atoms with E-state index in [2.05, 4.69) is 26.5 Å². The quantitative estimate of drug-likeness (QED) is 0.402. The maximum absolute atomic E-state index is 11.7. The van der Waals surface area contributed by atoms with Crippen LogP contribution in [0.3, 0.4) is 0 Å². The minimum Gasteiger partial charge on any atom is -0.477 e. The van der Waals surface area contributed by atoms with Crippen LogP contribution in [-0.4, -0.2) is 28.6 Å². The molecule has 27 heavy (non-hydrogen) atoms. The predicted molar refractivity (Wildman–Crippen MR) is 99.9 cm³/mol. The molecule has 0 spiro atoms. The standard InChI is InChI=1S/C16H13BrN4O6/c1-10-2-5-15(14(6-10)21(25)26)27-9-16(22)19-18-8-11-3-4-12(17)13(7-11)20(23)24/h2-8H,9H2,1H3,(H,19,22)/b18-8+. The summed E-state index contributed by atoms with van der Waals surface area (Å²) in [5, 5.41) is 25.5. The number of ether oxygens (including phenoxy) is 1. The van der Waals surface area contributed by atoms with Crippen LogP contribution in [0.2, 0.25) is 0 Å². The Balaban J connectivity index is 1.96. The molecule has 1 amide bonds. The summed E-state index contributed by atoms with van der Waals surface area (Å²) >= 11 is 3.07. The van der Waals surface area contributed by atoms with Gasteiger partial charge in [0.2, 0.25) is 0 Å². The van der Waals surface area contributed by atoms with Crippen molar-refractivity contribution in [2.75, 3.05) is 6.61 Å². The lowest BCUT2D eigenvalue weighted by Gasteiger charge is -2.06. The lowest BCUT2D eigenvalue weighted by molar-refractivity contribution is -0.385. The van der Waals surface area contributed by atoms with Crippen LogP contribution >= 0.6 is 15.9 Å². The van der Waals surface area contributed by atoms with Crippen molar-refractivity contribution in [2.45, 2.75) is 6.92 Å². The normalized spacial score (nSPS) is 10.6. The first-order valence-corrected chi connectivity index (χ1v) is 8.21. The molecule has 140 valence electrons. The maximum atomic E-state index is 11.7. The first kappa shape index (κ1) is 20.0. The molecule has 0 radical (unpaired) electrons. The summed E-state index contributed by atoms with van der Waals surface area (Å²) in [6, 6.07) is 8.71. The highest BCUT2D eigenvalue weighted by Gasteiger charge is 2.16. The fraction of sp³-hybridized carbons (Fsp3) is 0.125. The van der Waals surface area contributed by atoms with Crippen molar-refractivity contribution < 1.29 is 19.4 Å². The van der Waals surface area contributed by atoms with Gasteiger partial charge in [0.25, 0.3) is 11.6 Å². The zero-order valence-corrected chi connectivity index (χ0v) is 15.5. The minimum atomic E-state index is -0.646. The predicted octanol–water partition coefficient (Wildman–Crippen LogP) is 3.10. The van der Waals surface area contributed by atoms with E-state index in [1.807, 2.05) is 0 Å². The van der Waals surface area contributed by atoms with Gasteiger partial charge in [-0.2, -0.15) is 5.10 Å². The second-order valence-corrected chi connectivity index (χ2v) is 6.13. The summed E-state index contributed by atoms with van der Waals surface area (Å²) in [5.41, 5.74) is 2.89. The average Bonchev–Trinajstić information content (AvgIpc) is 2.61. The van der Waals surface area contributed by atoms with Crippen LogP contribution in [0.15, 0.2) is 46.0 Å². The second-order valence-electron chi connectivity index (χ2n) is 5.28. The molecule has 0 heterocycles.